The van der Waals surface area contributed by atoms with Crippen molar-refractivity contribution >= 4 is 0 Å². The molecule has 1 aromatic carbocycles. The van der Waals surface area contributed by atoms with Gasteiger partial charge < -0.3 is 9.47 Å². The maximum absolute atomic E-state index is 12.5. The lowest BCUT2D eigenvalue weighted by atomic mass is 10.0. The second-order valence-corrected chi connectivity index (χ2v) is 3.93. The van der Waals surface area contributed by atoms with Crippen molar-refractivity contribution in [3.63, 3.8) is 0 Å². The largest absolute Gasteiger partial charge is 0.573 e. The highest BCUT2D eigenvalue weighted by Crippen LogP contribution is 2.38. The highest BCUT2D eigenvalue weighted by molar-refractivity contribution is 5.75. The fourth-order valence-corrected chi connectivity index (χ4v) is 1.78. The van der Waals surface area contributed by atoms with Crippen molar-refractivity contribution in [1.82, 2.24) is 4.98 Å². The van der Waals surface area contributed by atoms with Crippen LogP contribution >= 0.6 is 0 Å². The molecule has 0 N–H and O–H groups in total. The van der Waals surface area contributed by atoms with Crippen LogP contribution in [0.1, 0.15) is 5.56 Å². The summed E-state index contributed by atoms with van der Waals surface area (Å²) in [6.45, 7) is 0. The molecule has 0 aliphatic rings. The first kappa shape index (κ1) is 14.7. The van der Waals surface area contributed by atoms with Gasteiger partial charge in [-0.3, -0.25) is 0 Å². The Morgan fingerprint density at radius 2 is 1.95 bits per heavy atom. The Bertz CT molecular complexity index is 693. The van der Waals surface area contributed by atoms with Gasteiger partial charge >= 0.3 is 6.36 Å². The van der Waals surface area contributed by atoms with E-state index in [-0.39, 0.29) is 17.0 Å². The summed E-state index contributed by atoms with van der Waals surface area (Å²) in [5, 5.41) is 8.80. The van der Waals surface area contributed by atoms with Crippen LogP contribution in [0.3, 0.4) is 0 Å². The Kier molecular flexibility index (Phi) is 3.98. The summed E-state index contributed by atoms with van der Waals surface area (Å²) >= 11 is 0. The van der Waals surface area contributed by atoms with E-state index in [4.69, 9.17) is 10.00 Å². The maximum Gasteiger partial charge on any atom is 0.573 e. The highest BCUT2D eigenvalue weighted by Gasteiger charge is 2.32. The number of hydrogen-bond acceptors (Lipinski definition) is 4. The van der Waals surface area contributed by atoms with Gasteiger partial charge in [0.15, 0.2) is 0 Å². The standard InChI is InChI=1S/C14H9F3N2O2/c1-20-13-11(3-2-6-19-13)10-5-4-9(8-18)7-12(10)21-14(15,16)17/h2-7H,1H3. The van der Waals surface area contributed by atoms with E-state index in [2.05, 4.69) is 9.72 Å². The Morgan fingerprint density at radius 1 is 1.19 bits per heavy atom. The van der Waals surface area contributed by atoms with Crippen LogP contribution in [0, 0.1) is 11.3 Å². The van der Waals surface area contributed by atoms with Gasteiger partial charge in [-0.1, -0.05) is 0 Å². The number of ether oxygens (including phenoxy) is 2. The van der Waals surface area contributed by atoms with Crippen molar-refractivity contribution < 1.29 is 22.6 Å². The van der Waals surface area contributed by atoms with E-state index in [0.29, 0.717) is 5.56 Å². The zero-order valence-electron chi connectivity index (χ0n) is 10.8. The first-order valence-electron chi connectivity index (χ1n) is 5.74. The monoisotopic (exact) mass is 294 g/mol. The maximum atomic E-state index is 12.5. The lowest BCUT2D eigenvalue weighted by molar-refractivity contribution is -0.274. The van der Waals surface area contributed by atoms with Crippen LogP contribution in [0.15, 0.2) is 36.5 Å². The predicted molar refractivity (Wildman–Crippen MR) is 67.6 cm³/mol. The zero-order chi connectivity index (χ0) is 15.5. The molecule has 0 amide bonds. The lowest BCUT2D eigenvalue weighted by Crippen LogP contribution is -2.17. The smallest absolute Gasteiger partial charge is 0.481 e. The quantitative estimate of drug-likeness (QED) is 0.869. The van der Waals surface area contributed by atoms with Crippen molar-refractivity contribution in [1.29, 1.82) is 5.26 Å². The number of pyridine rings is 1. The first-order chi connectivity index (χ1) is 9.94. The number of benzene rings is 1. The van der Waals surface area contributed by atoms with Gasteiger partial charge in [0, 0.05) is 17.3 Å². The van der Waals surface area contributed by atoms with Gasteiger partial charge in [-0.15, -0.1) is 13.2 Å². The number of nitrogens with zero attached hydrogens (tertiary/aromatic N) is 2. The number of halogens is 3. The molecule has 7 heteroatoms. The van der Waals surface area contributed by atoms with Crippen LogP contribution in [-0.2, 0) is 0 Å². The molecule has 108 valence electrons. The molecule has 4 nitrogen and oxygen atoms in total. The van der Waals surface area contributed by atoms with Crippen LogP contribution in [0.25, 0.3) is 11.1 Å². The van der Waals surface area contributed by atoms with E-state index in [1.54, 1.807) is 18.2 Å². The van der Waals surface area contributed by atoms with Gasteiger partial charge in [-0.25, -0.2) is 4.98 Å². The molecule has 0 aliphatic heterocycles. The molecule has 0 aliphatic carbocycles. The third-order valence-corrected chi connectivity index (χ3v) is 2.59. The Morgan fingerprint density at radius 3 is 2.57 bits per heavy atom. The Hall–Kier alpha value is -2.75. The number of methoxy groups -OCH3 is 1. The number of nitriles is 1. The van der Waals surface area contributed by atoms with Crippen molar-refractivity contribution in [2.24, 2.45) is 0 Å². The molecule has 0 saturated heterocycles. The lowest BCUT2D eigenvalue weighted by Gasteiger charge is -2.15. The molecule has 0 atom stereocenters. The molecule has 1 heterocycles. The van der Waals surface area contributed by atoms with Crippen molar-refractivity contribution in [3.05, 3.63) is 42.1 Å². The first-order valence-corrected chi connectivity index (χ1v) is 5.74. The van der Waals surface area contributed by atoms with E-state index in [0.717, 1.165) is 6.07 Å². The fourth-order valence-electron chi connectivity index (χ4n) is 1.78. The third kappa shape index (κ3) is 3.42. The van der Waals surface area contributed by atoms with Gasteiger partial charge in [-0.05, 0) is 30.3 Å². The molecule has 2 rings (SSSR count). The molecule has 0 saturated carbocycles. The second kappa shape index (κ2) is 5.71. The molecular formula is C14H9F3N2O2. The molecule has 21 heavy (non-hydrogen) atoms. The topological polar surface area (TPSA) is 55.1 Å². The molecule has 0 unspecified atom stereocenters. The van der Waals surface area contributed by atoms with E-state index in [1.165, 1.54) is 25.4 Å². The molecule has 1 aromatic heterocycles. The van der Waals surface area contributed by atoms with Crippen LogP contribution in [0.4, 0.5) is 13.2 Å². The minimum atomic E-state index is -4.86. The van der Waals surface area contributed by atoms with E-state index in [1.807, 2.05) is 0 Å². The van der Waals surface area contributed by atoms with E-state index < -0.39 is 12.1 Å². The van der Waals surface area contributed by atoms with Gasteiger partial charge in [0.2, 0.25) is 5.88 Å². The average molecular weight is 294 g/mol. The van der Waals surface area contributed by atoms with Crippen LogP contribution in [0.2, 0.25) is 0 Å². The Balaban J connectivity index is 2.60. The van der Waals surface area contributed by atoms with Crippen molar-refractivity contribution in [2.45, 2.75) is 6.36 Å². The number of hydrogen-bond donors (Lipinski definition) is 0. The molecular weight excluding hydrogens is 285 g/mol. The summed E-state index contributed by atoms with van der Waals surface area (Å²) in [7, 11) is 1.36. The molecule has 2 aromatic rings. The molecule has 0 radical (unpaired) electrons. The summed E-state index contributed by atoms with van der Waals surface area (Å²) in [4.78, 5) is 3.93. The average Bonchev–Trinajstić information content (AvgIpc) is 2.45. The molecule has 0 spiro atoms. The van der Waals surface area contributed by atoms with E-state index >= 15 is 0 Å². The minimum absolute atomic E-state index is 0.0563. The number of alkyl halides is 3. The van der Waals surface area contributed by atoms with Crippen molar-refractivity contribution in [3.8, 4) is 28.8 Å². The molecule has 0 fully saturated rings. The second-order valence-electron chi connectivity index (χ2n) is 3.93. The predicted octanol–water partition coefficient (Wildman–Crippen LogP) is 3.53. The molecule has 0 bridgehead atoms. The van der Waals surface area contributed by atoms with Gasteiger partial charge in [0.1, 0.15) is 5.75 Å². The van der Waals surface area contributed by atoms with E-state index in [9.17, 15) is 13.2 Å². The number of aromatic nitrogens is 1. The van der Waals surface area contributed by atoms with Crippen LogP contribution in [-0.4, -0.2) is 18.5 Å². The minimum Gasteiger partial charge on any atom is -0.481 e. The normalized spacial score (nSPS) is 10.8. The fraction of sp³-hybridized carbons (Fsp3) is 0.143. The van der Waals surface area contributed by atoms with Crippen LogP contribution in [0.5, 0.6) is 11.6 Å². The summed E-state index contributed by atoms with van der Waals surface area (Å²) in [6, 6.07) is 8.66. The van der Waals surface area contributed by atoms with Gasteiger partial charge in [0.25, 0.3) is 0 Å². The summed E-state index contributed by atoms with van der Waals surface area (Å²) in [6.07, 6.45) is -3.41. The Labute approximate surface area is 118 Å². The number of rotatable bonds is 3. The zero-order valence-corrected chi connectivity index (χ0v) is 10.8. The van der Waals surface area contributed by atoms with Gasteiger partial charge in [-0.2, -0.15) is 5.26 Å². The summed E-state index contributed by atoms with van der Waals surface area (Å²) < 4.78 is 46.5. The van der Waals surface area contributed by atoms with Crippen molar-refractivity contribution in [2.75, 3.05) is 7.11 Å². The highest BCUT2D eigenvalue weighted by atomic mass is 19.4. The third-order valence-electron chi connectivity index (χ3n) is 2.59. The summed E-state index contributed by atoms with van der Waals surface area (Å²) in [5.74, 6) is -0.318. The summed E-state index contributed by atoms with van der Waals surface area (Å²) in [5.41, 5.74) is 0.529. The SMILES string of the molecule is COc1ncccc1-c1ccc(C#N)cc1OC(F)(F)F. The van der Waals surface area contributed by atoms with Crippen LogP contribution < -0.4 is 9.47 Å². The van der Waals surface area contributed by atoms with Gasteiger partial charge in [0.05, 0.1) is 18.7 Å².